The highest BCUT2D eigenvalue weighted by atomic mass is 35.5. The van der Waals surface area contributed by atoms with E-state index in [1.165, 1.54) is 0 Å². The number of para-hydroxylation sites is 1. The molecule has 4 rings (SSSR count). The molecule has 0 radical (unpaired) electrons. The van der Waals surface area contributed by atoms with Gasteiger partial charge in [0.25, 0.3) is 0 Å². The van der Waals surface area contributed by atoms with Crippen molar-refractivity contribution in [2.75, 3.05) is 41.3 Å². The van der Waals surface area contributed by atoms with E-state index in [2.05, 4.69) is 15.1 Å². The molecule has 1 fully saturated rings. The summed E-state index contributed by atoms with van der Waals surface area (Å²) in [6.45, 7) is 4.85. The van der Waals surface area contributed by atoms with Gasteiger partial charge in [-0.3, -0.25) is 4.79 Å². The second kappa shape index (κ2) is 13.6. The SMILES string of the molecule is CCCC(=O)Nc1ccc2nc(N3CCN(c4ccccc4Cl)CC3)cc(C(=O)O)c2c1.Cl.Cl.Cl. The fourth-order valence-corrected chi connectivity index (χ4v) is 4.22. The molecule has 3 aromatic rings. The number of piperazine rings is 1. The van der Waals surface area contributed by atoms with Gasteiger partial charge in [-0.15, -0.1) is 37.2 Å². The summed E-state index contributed by atoms with van der Waals surface area (Å²) in [5, 5.41) is 13.9. The molecule has 0 spiro atoms. The topological polar surface area (TPSA) is 85.8 Å². The van der Waals surface area contributed by atoms with Gasteiger partial charge in [0.15, 0.2) is 0 Å². The summed E-state index contributed by atoms with van der Waals surface area (Å²) in [6.07, 6.45) is 1.16. The van der Waals surface area contributed by atoms with Crippen LogP contribution < -0.4 is 15.1 Å². The number of aromatic carboxylic acids is 1. The highest BCUT2D eigenvalue weighted by molar-refractivity contribution is 6.33. The van der Waals surface area contributed by atoms with E-state index >= 15 is 0 Å². The number of hydrogen-bond acceptors (Lipinski definition) is 5. The van der Waals surface area contributed by atoms with Gasteiger partial charge >= 0.3 is 5.97 Å². The normalized spacial score (nSPS) is 12.7. The third-order valence-corrected chi connectivity index (χ3v) is 5.90. The molecule has 0 bridgehead atoms. The van der Waals surface area contributed by atoms with E-state index in [1.54, 1.807) is 24.3 Å². The lowest BCUT2D eigenvalue weighted by Gasteiger charge is -2.37. The third-order valence-electron chi connectivity index (χ3n) is 5.58. The molecule has 1 aromatic heterocycles. The third kappa shape index (κ3) is 7.04. The standard InChI is InChI=1S/C24H25ClN4O3.3ClH/c1-2-5-23(30)26-16-8-9-20-17(14-16)18(24(31)32)15-22(27-20)29-12-10-28(11-13-29)21-7-4-3-6-19(21)25;;;/h3-4,6-9,14-15H,2,5,10-13H2,1H3,(H,26,30)(H,31,32);3*1H. The summed E-state index contributed by atoms with van der Waals surface area (Å²) in [7, 11) is 0. The van der Waals surface area contributed by atoms with E-state index < -0.39 is 5.97 Å². The maximum absolute atomic E-state index is 12.0. The summed E-state index contributed by atoms with van der Waals surface area (Å²) < 4.78 is 0. The molecule has 0 atom stereocenters. The molecule has 0 aliphatic carbocycles. The van der Waals surface area contributed by atoms with Gasteiger partial charge in [-0.05, 0) is 42.8 Å². The van der Waals surface area contributed by atoms with E-state index in [-0.39, 0.29) is 48.7 Å². The average molecular weight is 562 g/mol. The van der Waals surface area contributed by atoms with E-state index in [9.17, 15) is 14.7 Å². The summed E-state index contributed by atoms with van der Waals surface area (Å²) in [6, 6.07) is 14.6. The van der Waals surface area contributed by atoms with Crippen LogP contribution in [0.15, 0.2) is 48.5 Å². The van der Waals surface area contributed by atoms with E-state index in [0.29, 0.717) is 41.9 Å². The van der Waals surface area contributed by atoms with Crippen LogP contribution in [-0.4, -0.2) is 48.1 Å². The molecule has 1 amide bonds. The Morgan fingerprint density at radius 3 is 2.29 bits per heavy atom. The summed E-state index contributed by atoms with van der Waals surface area (Å²) in [5.41, 5.74) is 2.33. The number of nitrogens with one attached hydrogen (secondary N) is 1. The van der Waals surface area contributed by atoms with E-state index in [0.717, 1.165) is 30.2 Å². The number of pyridine rings is 1. The van der Waals surface area contributed by atoms with Crippen molar-refractivity contribution >= 4 is 88.8 Å². The molecular weight excluding hydrogens is 534 g/mol. The average Bonchev–Trinajstić information content (AvgIpc) is 2.79. The number of carboxylic acid groups (broad SMARTS) is 1. The van der Waals surface area contributed by atoms with E-state index in [1.807, 2.05) is 31.2 Å². The fourth-order valence-electron chi connectivity index (χ4n) is 3.96. The second-order valence-corrected chi connectivity index (χ2v) is 8.20. The molecule has 0 saturated carbocycles. The Kier molecular flexibility index (Phi) is 11.9. The number of carbonyl (C=O) groups is 2. The molecular formula is C24H28Cl4N4O3. The predicted molar refractivity (Wildman–Crippen MR) is 150 cm³/mol. The van der Waals surface area contributed by atoms with Crippen molar-refractivity contribution in [1.29, 1.82) is 0 Å². The first-order chi connectivity index (χ1) is 15.5. The number of carbonyl (C=O) groups excluding carboxylic acids is 1. The first kappa shape index (κ1) is 30.6. The smallest absolute Gasteiger partial charge is 0.336 e. The molecule has 1 aliphatic heterocycles. The van der Waals surface area contributed by atoms with Gasteiger partial charge in [0.2, 0.25) is 5.91 Å². The molecule has 2 aromatic carbocycles. The lowest BCUT2D eigenvalue weighted by molar-refractivity contribution is -0.116. The first-order valence-electron chi connectivity index (χ1n) is 10.7. The Labute approximate surface area is 228 Å². The number of aromatic nitrogens is 1. The van der Waals surface area contributed by atoms with Crippen LogP contribution in [0.4, 0.5) is 17.2 Å². The highest BCUT2D eigenvalue weighted by Gasteiger charge is 2.22. The van der Waals surface area contributed by atoms with Gasteiger partial charge in [-0.1, -0.05) is 30.7 Å². The lowest BCUT2D eigenvalue weighted by atomic mass is 10.1. The number of benzene rings is 2. The molecule has 2 heterocycles. The Morgan fingerprint density at radius 1 is 1.00 bits per heavy atom. The zero-order valence-corrected chi connectivity index (χ0v) is 22.3. The molecule has 1 saturated heterocycles. The maximum atomic E-state index is 12.0. The zero-order valence-electron chi connectivity index (χ0n) is 19.1. The van der Waals surface area contributed by atoms with Crippen LogP contribution in [0, 0.1) is 0 Å². The largest absolute Gasteiger partial charge is 0.478 e. The van der Waals surface area contributed by atoms with Crippen LogP contribution in [0.2, 0.25) is 5.02 Å². The fraction of sp³-hybridized carbons (Fsp3) is 0.292. The van der Waals surface area contributed by atoms with Gasteiger partial charge in [0.05, 0.1) is 21.8 Å². The first-order valence-corrected chi connectivity index (χ1v) is 11.1. The van der Waals surface area contributed by atoms with Gasteiger partial charge in [0, 0.05) is 43.7 Å². The van der Waals surface area contributed by atoms with Crippen LogP contribution >= 0.6 is 48.8 Å². The maximum Gasteiger partial charge on any atom is 0.336 e. The van der Waals surface area contributed by atoms with Gasteiger partial charge < -0.3 is 20.2 Å². The van der Waals surface area contributed by atoms with Crippen molar-refractivity contribution in [1.82, 2.24) is 4.98 Å². The molecule has 1 aliphatic rings. The van der Waals surface area contributed by atoms with Crippen molar-refractivity contribution in [3.63, 3.8) is 0 Å². The minimum Gasteiger partial charge on any atom is -0.478 e. The summed E-state index contributed by atoms with van der Waals surface area (Å²) in [5.74, 6) is -0.480. The van der Waals surface area contributed by atoms with Crippen molar-refractivity contribution in [2.24, 2.45) is 0 Å². The quantitative estimate of drug-likeness (QED) is 0.388. The number of hydrogen-bond donors (Lipinski definition) is 2. The van der Waals surface area contributed by atoms with Crippen molar-refractivity contribution in [3.05, 3.63) is 59.1 Å². The number of carboxylic acids is 1. The molecule has 0 unspecified atom stereocenters. The lowest BCUT2D eigenvalue weighted by Crippen LogP contribution is -2.47. The van der Waals surface area contributed by atoms with Crippen molar-refractivity contribution in [3.8, 4) is 0 Å². The van der Waals surface area contributed by atoms with Gasteiger partial charge in [-0.25, -0.2) is 9.78 Å². The molecule has 7 nitrogen and oxygen atoms in total. The highest BCUT2D eigenvalue weighted by Crippen LogP contribution is 2.29. The molecule has 11 heteroatoms. The molecule has 35 heavy (non-hydrogen) atoms. The van der Waals surface area contributed by atoms with Crippen LogP contribution in [0.25, 0.3) is 10.9 Å². The van der Waals surface area contributed by atoms with Crippen LogP contribution in [-0.2, 0) is 4.79 Å². The van der Waals surface area contributed by atoms with Crippen LogP contribution in [0.1, 0.15) is 30.1 Å². The Hall–Kier alpha value is -2.45. The monoisotopic (exact) mass is 560 g/mol. The Balaban J connectivity index is 0.00000204. The second-order valence-electron chi connectivity index (χ2n) is 7.79. The Morgan fingerprint density at radius 2 is 1.66 bits per heavy atom. The van der Waals surface area contributed by atoms with E-state index in [4.69, 9.17) is 16.6 Å². The number of rotatable bonds is 6. The molecule has 2 N–H and O–H groups in total. The molecule has 190 valence electrons. The Bertz CT molecular complexity index is 1170. The van der Waals surface area contributed by atoms with Crippen LogP contribution in [0.3, 0.4) is 0 Å². The van der Waals surface area contributed by atoms with Crippen LogP contribution in [0.5, 0.6) is 0 Å². The predicted octanol–water partition coefficient (Wildman–Crippen LogP) is 5.92. The minimum atomic E-state index is -1.02. The summed E-state index contributed by atoms with van der Waals surface area (Å²) >= 11 is 6.33. The number of halogens is 4. The number of anilines is 3. The van der Waals surface area contributed by atoms with Crippen molar-refractivity contribution < 1.29 is 14.7 Å². The van der Waals surface area contributed by atoms with Gasteiger partial charge in [-0.2, -0.15) is 0 Å². The zero-order chi connectivity index (χ0) is 22.7. The summed E-state index contributed by atoms with van der Waals surface area (Å²) in [4.78, 5) is 33.0. The number of fused-ring (bicyclic) bond motifs is 1. The van der Waals surface area contributed by atoms with Gasteiger partial charge in [0.1, 0.15) is 5.82 Å². The number of amides is 1. The van der Waals surface area contributed by atoms with Crippen molar-refractivity contribution in [2.45, 2.75) is 19.8 Å². The minimum absolute atomic E-state index is 0. The number of nitrogens with zero attached hydrogens (tertiary/aromatic N) is 3.